The smallest absolute Gasteiger partial charge is 0.260 e. The Balaban J connectivity index is 2.22. The predicted molar refractivity (Wildman–Crippen MR) is 75.1 cm³/mol. The van der Waals surface area contributed by atoms with Crippen LogP contribution in [-0.2, 0) is 11.2 Å². The topological polar surface area (TPSA) is 64.3 Å². The van der Waals surface area contributed by atoms with E-state index >= 15 is 0 Å². The number of aryl methyl sites for hydroxylation is 1. The average Bonchev–Trinajstić information content (AvgIpc) is 2.36. The highest BCUT2D eigenvalue weighted by Crippen LogP contribution is 2.30. The molecule has 0 saturated carbocycles. The minimum Gasteiger partial charge on any atom is -0.479 e. The van der Waals surface area contributed by atoms with Gasteiger partial charge in [0, 0.05) is 0 Å². The molecule has 3 N–H and O–H groups in total. The Morgan fingerprint density at radius 3 is 2.89 bits per heavy atom. The maximum Gasteiger partial charge on any atom is 0.260 e. The fraction of sp³-hybridized carbons (Fsp3) is 0.533. The minimum absolute atomic E-state index is 0.0477. The van der Waals surface area contributed by atoms with Crippen molar-refractivity contribution in [1.29, 1.82) is 0 Å². The van der Waals surface area contributed by atoms with Crippen molar-refractivity contribution in [1.82, 2.24) is 5.32 Å². The van der Waals surface area contributed by atoms with Crippen LogP contribution in [-0.4, -0.2) is 24.6 Å². The molecule has 1 aliphatic rings. The number of nitrogens with one attached hydrogen (secondary N) is 1. The number of ether oxygens (including phenoxy) is 1. The lowest BCUT2D eigenvalue weighted by molar-refractivity contribution is -0.126. The van der Waals surface area contributed by atoms with E-state index < -0.39 is 12.0 Å². The molecule has 1 heterocycles. The van der Waals surface area contributed by atoms with Gasteiger partial charge in [-0.1, -0.05) is 26.0 Å². The Hall–Kier alpha value is -1.55. The first-order chi connectivity index (χ1) is 8.99. The van der Waals surface area contributed by atoms with E-state index in [1.54, 1.807) is 0 Å². The van der Waals surface area contributed by atoms with Crippen molar-refractivity contribution >= 4 is 5.91 Å². The van der Waals surface area contributed by atoms with Crippen molar-refractivity contribution in [2.24, 2.45) is 11.7 Å². The molecular formula is C15H22N2O2. The molecule has 2 atom stereocenters. The fourth-order valence-corrected chi connectivity index (χ4v) is 2.42. The lowest BCUT2D eigenvalue weighted by Crippen LogP contribution is -2.54. The van der Waals surface area contributed by atoms with Crippen molar-refractivity contribution in [2.75, 3.05) is 6.54 Å². The van der Waals surface area contributed by atoms with Gasteiger partial charge in [-0.15, -0.1) is 0 Å². The fourth-order valence-electron chi connectivity index (χ4n) is 2.42. The predicted octanol–water partition coefficient (Wildman–Crippen LogP) is 1.40. The molecule has 1 aromatic carbocycles. The molecule has 0 fully saturated rings. The van der Waals surface area contributed by atoms with Gasteiger partial charge >= 0.3 is 0 Å². The second kappa shape index (κ2) is 5.61. The molecule has 0 spiro atoms. The minimum atomic E-state index is -0.590. The van der Waals surface area contributed by atoms with Crippen LogP contribution in [0.15, 0.2) is 18.2 Å². The summed E-state index contributed by atoms with van der Waals surface area (Å²) in [5, 5.41) is 3.39. The zero-order valence-electron chi connectivity index (χ0n) is 11.8. The number of primary amides is 1. The van der Waals surface area contributed by atoms with Crippen LogP contribution < -0.4 is 15.8 Å². The Labute approximate surface area is 114 Å². The van der Waals surface area contributed by atoms with Gasteiger partial charge in [-0.3, -0.25) is 4.79 Å². The van der Waals surface area contributed by atoms with Crippen molar-refractivity contribution < 1.29 is 9.53 Å². The summed E-state index contributed by atoms with van der Waals surface area (Å²) in [5.41, 5.74) is 7.81. The van der Waals surface area contributed by atoms with Crippen LogP contribution >= 0.6 is 0 Å². The molecule has 2 rings (SSSR count). The van der Waals surface area contributed by atoms with Crippen LogP contribution in [0.25, 0.3) is 0 Å². The van der Waals surface area contributed by atoms with E-state index in [1.807, 2.05) is 12.1 Å². The summed E-state index contributed by atoms with van der Waals surface area (Å²) < 4.78 is 5.78. The third-order valence-corrected chi connectivity index (χ3v) is 3.48. The summed E-state index contributed by atoms with van der Waals surface area (Å²) in [6, 6.07) is 5.85. The van der Waals surface area contributed by atoms with E-state index in [-0.39, 0.29) is 6.04 Å². The number of rotatable bonds is 4. The Morgan fingerprint density at radius 1 is 1.53 bits per heavy atom. The molecule has 0 aliphatic carbocycles. The van der Waals surface area contributed by atoms with Gasteiger partial charge in [0.1, 0.15) is 5.75 Å². The lowest BCUT2D eigenvalue weighted by Gasteiger charge is -2.33. The SMILES string of the molecule is Cc1cccc2c1CC(NCC(C)C)C(C(N)=O)O2. The van der Waals surface area contributed by atoms with Crippen LogP contribution in [0.5, 0.6) is 5.75 Å². The summed E-state index contributed by atoms with van der Waals surface area (Å²) in [5.74, 6) is 0.895. The van der Waals surface area contributed by atoms with E-state index in [0.29, 0.717) is 5.92 Å². The quantitative estimate of drug-likeness (QED) is 0.862. The maximum atomic E-state index is 11.6. The van der Waals surface area contributed by atoms with E-state index in [4.69, 9.17) is 10.5 Å². The molecule has 4 heteroatoms. The van der Waals surface area contributed by atoms with Crippen molar-refractivity contribution in [3.05, 3.63) is 29.3 Å². The van der Waals surface area contributed by atoms with Crippen LogP contribution in [0.2, 0.25) is 0 Å². The third-order valence-electron chi connectivity index (χ3n) is 3.48. The molecule has 0 radical (unpaired) electrons. The Kier molecular flexibility index (Phi) is 4.10. The summed E-state index contributed by atoms with van der Waals surface area (Å²) in [6.45, 7) is 7.18. The number of amides is 1. The first-order valence-corrected chi connectivity index (χ1v) is 6.77. The van der Waals surface area contributed by atoms with Crippen molar-refractivity contribution in [3.8, 4) is 5.75 Å². The van der Waals surface area contributed by atoms with Crippen LogP contribution in [0.4, 0.5) is 0 Å². The second-order valence-corrected chi connectivity index (χ2v) is 5.61. The molecule has 0 bridgehead atoms. The van der Waals surface area contributed by atoms with Crippen LogP contribution in [0.1, 0.15) is 25.0 Å². The zero-order chi connectivity index (χ0) is 14.0. The summed E-state index contributed by atoms with van der Waals surface area (Å²) >= 11 is 0. The van der Waals surface area contributed by atoms with Gasteiger partial charge in [0.2, 0.25) is 0 Å². The second-order valence-electron chi connectivity index (χ2n) is 5.61. The first-order valence-electron chi connectivity index (χ1n) is 6.77. The molecule has 1 amide bonds. The van der Waals surface area contributed by atoms with Gasteiger partial charge in [-0.25, -0.2) is 0 Å². The van der Waals surface area contributed by atoms with E-state index in [1.165, 1.54) is 11.1 Å². The Morgan fingerprint density at radius 2 is 2.26 bits per heavy atom. The highest BCUT2D eigenvalue weighted by atomic mass is 16.5. The van der Waals surface area contributed by atoms with Gasteiger partial charge in [-0.2, -0.15) is 0 Å². The molecule has 19 heavy (non-hydrogen) atoms. The molecule has 0 aromatic heterocycles. The third kappa shape index (κ3) is 3.07. The highest BCUT2D eigenvalue weighted by molar-refractivity contribution is 5.80. The number of benzene rings is 1. The van der Waals surface area contributed by atoms with E-state index in [9.17, 15) is 4.79 Å². The molecule has 1 aromatic rings. The van der Waals surface area contributed by atoms with Gasteiger partial charge in [0.15, 0.2) is 6.10 Å². The molecule has 4 nitrogen and oxygen atoms in total. The zero-order valence-corrected chi connectivity index (χ0v) is 11.8. The monoisotopic (exact) mass is 262 g/mol. The van der Waals surface area contributed by atoms with E-state index in [0.717, 1.165) is 18.7 Å². The largest absolute Gasteiger partial charge is 0.479 e. The van der Waals surface area contributed by atoms with Crippen LogP contribution in [0.3, 0.4) is 0 Å². The molecule has 1 aliphatic heterocycles. The number of carbonyl (C=O) groups is 1. The number of hydrogen-bond acceptors (Lipinski definition) is 3. The first kappa shape index (κ1) is 13.9. The van der Waals surface area contributed by atoms with E-state index in [2.05, 4.69) is 32.2 Å². The molecule has 2 unspecified atom stereocenters. The number of carbonyl (C=O) groups excluding carboxylic acids is 1. The van der Waals surface area contributed by atoms with Crippen molar-refractivity contribution in [2.45, 2.75) is 39.3 Å². The maximum absolute atomic E-state index is 11.6. The molecule has 104 valence electrons. The summed E-state index contributed by atoms with van der Waals surface area (Å²) in [6.07, 6.45) is 0.190. The number of fused-ring (bicyclic) bond motifs is 1. The Bertz CT molecular complexity index is 471. The average molecular weight is 262 g/mol. The van der Waals surface area contributed by atoms with Gasteiger partial charge in [0.25, 0.3) is 5.91 Å². The van der Waals surface area contributed by atoms with Gasteiger partial charge in [0.05, 0.1) is 6.04 Å². The number of hydrogen-bond donors (Lipinski definition) is 2. The standard InChI is InChI=1S/C15H22N2O2/c1-9(2)8-17-12-7-11-10(3)5-4-6-13(11)19-14(12)15(16)18/h4-6,9,12,14,17H,7-8H2,1-3H3,(H2,16,18). The summed E-state index contributed by atoms with van der Waals surface area (Å²) in [7, 11) is 0. The molecule has 0 saturated heterocycles. The van der Waals surface area contributed by atoms with Crippen LogP contribution in [0, 0.1) is 12.8 Å². The van der Waals surface area contributed by atoms with Gasteiger partial charge < -0.3 is 15.8 Å². The highest BCUT2D eigenvalue weighted by Gasteiger charge is 2.34. The number of nitrogens with two attached hydrogens (primary N) is 1. The summed E-state index contributed by atoms with van der Waals surface area (Å²) in [4.78, 5) is 11.6. The van der Waals surface area contributed by atoms with Gasteiger partial charge in [-0.05, 0) is 43.0 Å². The lowest BCUT2D eigenvalue weighted by atomic mass is 9.93. The van der Waals surface area contributed by atoms with Crippen molar-refractivity contribution in [3.63, 3.8) is 0 Å². The molecular weight excluding hydrogens is 240 g/mol. The normalized spacial score (nSPS) is 21.9.